The molecule has 0 radical (unpaired) electrons. The van der Waals surface area contributed by atoms with Crippen molar-refractivity contribution in [1.29, 1.82) is 0 Å². The highest BCUT2D eigenvalue weighted by Gasteiger charge is 2.05. The molecule has 0 atom stereocenters. The van der Waals surface area contributed by atoms with Crippen LogP contribution >= 0.6 is 11.3 Å². The summed E-state index contributed by atoms with van der Waals surface area (Å²) in [6, 6.07) is 8.41. The van der Waals surface area contributed by atoms with Crippen molar-refractivity contribution in [1.82, 2.24) is 10.2 Å². The zero-order chi connectivity index (χ0) is 13.0. The van der Waals surface area contributed by atoms with E-state index in [2.05, 4.69) is 35.0 Å². The topological polar surface area (TPSA) is 32.3 Å². The van der Waals surface area contributed by atoms with Crippen molar-refractivity contribution in [2.24, 2.45) is 0 Å². The Balaban J connectivity index is 1.85. The number of hydrogen-bond donors (Lipinski definition) is 1. The summed E-state index contributed by atoms with van der Waals surface area (Å²) in [5, 5.41) is 6.82. The Labute approximate surface area is 111 Å². The highest BCUT2D eigenvalue weighted by atomic mass is 32.1. The van der Waals surface area contributed by atoms with Gasteiger partial charge in [0.1, 0.15) is 0 Å². The third-order valence-corrected chi connectivity index (χ3v) is 3.90. The number of hydrogen-bond acceptors (Lipinski definition) is 3. The number of nitrogens with zero attached hydrogens (tertiary/aromatic N) is 1. The molecule has 1 aromatic carbocycles. The van der Waals surface area contributed by atoms with Gasteiger partial charge in [0.15, 0.2) is 0 Å². The summed E-state index contributed by atoms with van der Waals surface area (Å²) in [6.07, 6.45) is 0.551. The number of rotatable bonds is 5. The van der Waals surface area contributed by atoms with Gasteiger partial charge in [-0.3, -0.25) is 4.79 Å². The van der Waals surface area contributed by atoms with E-state index in [9.17, 15) is 4.79 Å². The molecular weight excluding hydrogens is 244 g/mol. The van der Waals surface area contributed by atoms with Gasteiger partial charge in [0, 0.05) is 38.3 Å². The van der Waals surface area contributed by atoms with Crippen LogP contribution in [0.15, 0.2) is 29.6 Å². The predicted octanol–water partition coefficient (Wildman–Crippen LogP) is 2.47. The van der Waals surface area contributed by atoms with Gasteiger partial charge in [-0.2, -0.15) is 0 Å². The molecule has 1 amide bonds. The monoisotopic (exact) mass is 262 g/mol. The Hall–Kier alpha value is -1.39. The van der Waals surface area contributed by atoms with Gasteiger partial charge >= 0.3 is 0 Å². The Morgan fingerprint density at radius 3 is 2.89 bits per heavy atom. The molecule has 0 aliphatic heterocycles. The van der Waals surface area contributed by atoms with Crippen molar-refractivity contribution in [3.8, 4) is 0 Å². The largest absolute Gasteiger partial charge is 0.349 e. The zero-order valence-electron chi connectivity index (χ0n) is 10.8. The average molecular weight is 262 g/mol. The highest BCUT2D eigenvalue weighted by molar-refractivity contribution is 7.17. The molecule has 1 heterocycles. The van der Waals surface area contributed by atoms with Gasteiger partial charge in [-0.1, -0.05) is 18.2 Å². The van der Waals surface area contributed by atoms with Crippen LogP contribution < -0.4 is 5.32 Å². The normalized spacial score (nSPS) is 10.8. The molecule has 0 spiro atoms. The summed E-state index contributed by atoms with van der Waals surface area (Å²) in [4.78, 5) is 13.0. The molecule has 2 rings (SSSR count). The maximum absolute atomic E-state index is 11.4. The van der Waals surface area contributed by atoms with E-state index in [1.54, 1.807) is 30.3 Å². The fourth-order valence-electron chi connectivity index (χ4n) is 1.81. The number of carbonyl (C=O) groups excluding carboxylic acids is 1. The number of fused-ring (bicyclic) bond motifs is 1. The molecule has 96 valence electrons. The molecule has 3 nitrogen and oxygen atoms in total. The first kappa shape index (κ1) is 13.1. The van der Waals surface area contributed by atoms with Crippen molar-refractivity contribution in [3.05, 3.63) is 35.2 Å². The predicted molar refractivity (Wildman–Crippen MR) is 76.8 cm³/mol. The summed E-state index contributed by atoms with van der Waals surface area (Å²) in [5.41, 5.74) is 1.31. The van der Waals surface area contributed by atoms with E-state index in [1.165, 1.54) is 15.6 Å². The van der Waals surface area contributed by atoms with Crippen molar-refractivity contribution in [3.63, 3.8) is 0 Å². The second-order valence-electron chi connectivity index (χ2n) is 4.47. The molecule has 0 bridgehead atoms. The van der Waals surface area contributed by atoms with Crippen LogP contribution in [-0.4, -0.2) is 31.4 Å². The third kappa shape index (κ3) is 3.09. The Kier molecular flexibility index (Phi) is 4.33. The SMILES string of the molecule is CN(C)C(=O)CCNCc1csc2ccccc12. The molecule has 18 heavy (non-hydrogen) atoms. The molecule has 1 aromatic heterocycles. The van der Waals surface area contributed by atoms with Gasteiger partial charge in [0.25, 0.3) is 0 Å². The van der Waals surface area contributed by atoms with Gasteiger partial charge in [-0.05, 0) is 22.4 Å². The maximum Gasteiger partial charge on any atom is 0.223 e. The van der Waals surface area contributed by atoms with E-state index in [4.69, 9.17) is 0 Å². The van der Waals surface area contributed by atoms with Gasteiger partial charge in [-0.25, -0.2) is 0 Å². The Morgan fingerprint density at radius 2 is 2.11 bits per heavy atom. The smallest absolute Gasteiger partial charge is 0.223 e. The molecule has 2 aromatic rings. The minimum Gasteiger partial charge on any atom is -0.349 e. The minimum atomic E-state index is 0.165. The molecule has 0 fully saturated rings. The molecule has 0 unspecified atom stereocenters. The van der Waals surface area contributed by atoms with E-state index in [-0.39, 0.29) is 5.91 Å². The summed E-state index contributed by atoms with van der Waals surface area (Å²) in [6.45, 7) is 1.55. The summed E-state index contributed by atoms with van der Waals surface area (Å²) >= 11 is 1.77. The second-order valence-corrected chi connectivity index (χ2v) is 5.38. The lowest BCUT2D eigenvalue weighted by molar-refractivity contribution is -0.128. The lowest BCUT2D eigenvalue weighted by atomic mass is 10.2. The van der Waals surface area contributed by atoms with Crippen LogP contribution in [0.3, 0.4) is 0 Å². The second kappa shape index (κ2) is 5.98. The Morgan fingerprint density at radius 1 is 1.33 bits per heavy atom. The van der Waals surface area contributed by atoms with Crippen molar-refractivity contribution in [2.45, 2.75) is 13.0 Å². The highest BCUT2D eigenvalue weighted by Crippen LogP contribution is 2.25. The first-order valence-corrected chi connectivity index (χ1v) is 6.92. The molecule has 1 N–H and O–H groups in total. The van der Waals surface area contributed by atoms with E-state index < -0.39 is 0 Å². The number of amides is 1. The van der Waals surface area contributed by atoms with E-state index in [0.717, 1.165) is 13.1 Å². The van der Waals surface area contributed by atoms with Gasteiger partial charge in [-0.15, -0.1) is 11.3 Å². The molecule has 0 saturated carbocycles. The van der Waals surface area contributed by atoms with Gasteiger partial charge in [0.2, 0.25) is 5.91 Å². The van der Waals surface area contributed by atoms with Crippen LogP contribution in [0.5, 0.6) is 0 Å². The average Bonchev–Trinajstić information content (AvgIpc) is 2.77. The first-order chi connectivity index (χ1) is 8.68. The summed E-state index contributed by atoms with van der Waals surface area (Å²) in [5.74, 6) is 0.165. The standard InChI is InChI=1S/C14H18N2OS/c1-16(2)14(17)7-8-15-9-11-10-18-13-6-4-3-5-12(11)13/h3-6,10,15H,7-9H2,1-2H3. The third-order valence-electron chi connectivity index (χ3n) is 2.89. The van der Waals surface area contributed by atoms with Crippen LogP contribution in [0.2, 0.25) is 0 Å². The molecule has 0 aliphatic rings. The number of nitrogens with one attached hydrogen (secondary N) is 1. The zero-order valence-corrected chi connectivity index (χ0v) is 11.6. The minimum absolute atomic E-state index is 0.165. The van der Waals surface area contributed by atoms with E-state index >= 15 is 0 Å². The van der Waals surface area contributed by atoms with Gasteiger partial charge in [0.05, 0.1) is 0 Å². The van der Waals surface area contributed by atoms with Crippen LogP contribution in [0.4, 0.5) is 0 Å². The lowest BCUT2D eigenvalue weighted by Crippen LogP contribution is -2.26. The van der Waals surface area contributed by atoms with Crippen molar-refractivity contribution in [2.75, 3.05) is 20.6 Å². The molecule has 0 aliphatic carbocycles. The lowest BCUT2D eigenvalue weighted by Gasteiger charge is -2.10. The van der Waals surface area contributed by atoms with Gasteiger partial charge < -0.3 is 10.2 Å². The number of carbonyl (C=O) groups is 1. The van der Waals surface area contributed by atoms with Crippen LogP contribution in [0.1, 0.15) is 12.0 Å². The summed E-state index contributed by atoms with van der Waals surface area (Å²) in [7, 11) is 3.57. The number of thiophene rings is 1. The molecule has 0 saturated heterocycles. The van der Waals surface area contributed by atoms with Crippen molar-refractivity contribution >= 4 is 27.3 Å². The Bertz CT molecular complexity index is 533. The first-order valence-electron chi connectivity index (χ1n) is 6.04. The maximum atomic E-state index is 11.4. The van der Waals surface area contributed by atoms with E-state index in [1.807, 2.05) is 0 Å². The molecular formula is C14H18N2OS. The quantitative estimate of drug-likeness (QED) is 0.840. The summed E-state index contributed by atoms with van der Waals surface area (Å²) < 4.78 is 1.32. The molecule has 4 heteroatoms. The van der Waals surface area contributed by atoms with Crippen molar-refractivity contribution < 1.29 is 4.79 Å². The fraction of sp³-hybridized carbons (Fsp3) is 0.357. The van der Waals surface area contributed by atoms with Crippen LogP contribution in [-0.2, 0) is 11.3 Å². The van der Waals surface area contributed by atoms with Crippen LogP contribution in [0.25, 0.3) is 10.1 Å². The fourth-order valence-corrected chi connectivity index (χ4v) is 2.77. The number of benzene rings is 1. The van der Waals surface area contributed by atoms with E-state index in [0.29, 0.717) is 6.42 Å². The van der Waals surface area contributed by atoms with Crippen LogP contribution in [0, 0.1) is 0 Å².